The standard InChI is InChI=1S/C15H20N2O5/c1-5-21-14(18)11(15(19)22-6-2)9-16-13-8-7-12(20-4)10(3)17-13/h7-9,11H,5-6H2,1-4H3. The minimum absolute atomic E-state index is 0.169. The Morgan fingerprint density at radius 3 is 2.27 bits per heavy atom. The van der Waals surface area contributed by atoms with Gasteiger partial charge >= 0.3 is 11.9 Å². The van der Waals surface area contributed by atoms with E-state index in [9.17, 15) is 9.59 Å². The number of aliphatic imine (C=N–C) groups is 1. The van der Waals surface area contributed by atoms with Crippen LogP contribution in [0.25, 0.3) is 0 Å². The quantitative estimate of drug-likeness (QED) is 0.434. The molecule has 0 N–H and O–H groups in total. The normalized spacial score (nSPS) is 10.8. The minimum Gasteiger partial charge on any atom is -0.495 e. The van der Waals surface area contributed by atoms with Gasteiger partial charge in [0.05, 0.1) is 26.0 Å². The molecule has 0 saturated heterocycles. The van der Waals surface area contributed by atoms with Gasteiger partial charge in [-0.05, 0) is 32.9 Å². The number of pyridine rings is 1. The van der Waals surface area contributed by atoms with E-state index in [1.54, 1.807) is 40.0 Å². The Balaban J connectivity index is 2.94. The Labute approximate surface area is 129 Å². The number of aryl methyl sites for hydroxylation is 1. The van der Waals surface area contributed by atoms with E-state index < -0.39 is 17.9 Å². The molecule has 0 radical (unpaired) electrons. The van der Waals surface area contributed by atoms with Crippen LogP contribution < -0.4 is 4.74 Å². The second kappa shape index (κ2) is 8.76. The van der Waals surface area contributed by atoms with Gasteiger partial charge in [0.2, 0.25) is 0 Å². The SMILES string of the molecule is CCOC(=O)C(C=Nc1ccc(OC)c(C)n1)C(=O)OCC. The first-order valence-corrected chi connectivity index (χ1v) is 6.92. The van der Waals surface area contributed by atoms with Crippen LogP contribution in [0.4, 0.5) is 5.82 Å². The van der Waals surface area contributed by atoms with Crippen molar-refractivity contribution in [3.63, 3.8) is 0 Å². The summed E-state index contributed by atoms with van der Waals surface area (Å²) >= 11 is 0. The number of carbonyl (C=O) groups excluding carboxylic acids is 2. The van der Waals surface area contributed by atoms with Crippen molar-refractivity contribution in [1.29, 1.82) is 0 Å². The number of carbonyl (C=O) groups is 2. The summed E-state index contributed by atoms with van der Waals surface area (Å²) in [5.74, 6) is -1.61. The predicted molar refractivity (Wildman–Crippen MR) is 80.4 cm³/mol. The molecule has 0 aliphatic heterocycles. The van der Waals surface area contributed by atoms with Gasteiger partial charge in [-0.3, -0.25) is 9.59 Å². The second-order valence-corrected chi connectivity index (χ2v) is 4.22. The lowest BCUT2D eigenvalue weighted by molar-refractivity contribution is -0.157. The molecule has 120 valence electrons. The molecule has 1 aromatic heterocycles. The first-order chi connectivity index (χ1) is 10.5. The third kappa shape index (κ3) is 4.83. The van der Waals surface area contributed by atoms with Crippen molar-refractivity contribution in [2.24, 2.45) is 10.9 Å². The summed E-state index contributed by atoms with van der Waals surface area (Å²) in [6.07, 6.45) is 1.18. The molecule has 0 aliphatic rings. The van der Waals surface area contributed by atoms with Gasteiger partial charge < -0.3 is 14.2 Å². The first kappa shape index (κ1) is 17.6. The fourth-order valence-electron chi connectivity index (χ4n) is 1.66. The van der Waals surface area contributed by atoms with Gasteiger partial charge in [0.15, 0.2) is 11.7 Å². The van der Waals surface area contributed by atoms with E-state index in [2.05, 4.69) is 9.98 Å². The number of hydrogen-bond donors (Lipinski definition) is 0. The summed E-state index contributed by atoms with van der Waals surface area (Å²) < 4.78 is 14.8. The highest BCUT2D eigenvalue weighted by molar-refractivity contribution is 6.09. The van der Waals surface area contributed by atoms with Crippen LogP contribution in [0.2, 0.25) is 0 Å². The maximum atomic E-state index is 11.8. The van der Waals surface area contributed by atoms with Crippen LogP contribution in [0.3, 0.4) is 0 Å². The maximum absolute atomic E-state index is 11.8. The van der Waals surface area contributed by atoms with E-state index >= 15 is 0 Å². The summed E-state index contributed by atoms with van der Waals surface area (Å²) in [6.45, 7) is 5.42. The highest BCUT2D eigenvalue weighted by Gasteiger charge is 2.27. The van der Waals surface area contributed by atoms with Crippen LogP contribution in [0.1, 0.15) is 19.5 Å². The summed E-state index contributed by atoms with van der Waals surface area (Å²) in [7, 11) is 1.55. The molecule has 0 bridgehead atoms. The molecule has 0 aromatic carbocycles. The first-order valence-electron chi connectivity index (χ1n) is 6.92. The lowest BCUT2D eigenvalue weighted by Gasteiger charge is -2.10. The molecule has 7 heteroatoms. The van der Waals surface area contributed by atoms with E-state index in [1.807, 2.05) is 0 Å². The Kier molecular flexibility index (Phi) is 7.01. The fraction of sp³-hybridized carbons (Fsp3) is 0.467. The van der Waals surface area contributed by atoms with E-state index in [-0.39, 0.29) is 13.2 Å². The molecule has 1 heterocycles. The number of ether oxygens (including phenoxy) is 3. The van der Waals surface area contributed by atoms with Crippen molar-refractivity contribution < 1.29 is 23.8 Å². The predicted octanol–water partition coefficient (Wildman–Crippen LogP) is 1.84. The van der Waals surface area contributed by atoms with Crippen LogP contribution in [0.15, 0.2) is 17.1 Å². The third-order valence-corrected chi connectivity index (χ3v) is 2.68. The molecule has 7 nitrogen and oxygen atoms in total. The molecular weight excluding hydrogens is 288 g/mol. The molecule has 0 aliphatic carbocycles. The number of nitrogens with zero attached hydrogens (tertiary/aromatic N) is 2. The van der Waals surface area contributed by atoms with Crippen LogP contribution >= 0.6 is 0 Å². The number of rotatable bonds is 7. The van der Waals surface area contributed by atoms with Crippen molar-refractivity contribution in [1.82, 2.24) is 4.98 Å². The number of methoxy groups -OCH3 is 1. The Bertz CT molecular complexity index is 539. The number of esters is 2. The molecule has 22 heavy (non-hydrogen) atoms. The van der Waals surface area contributed by atoms with Gasteiger partial charge in [0.1, 0.15) is 5.75 Å². The van der Waals surface area contributed by atoms with Gasteiger partial charge in [-0.15, -0.1) is 0 Å². The molecule has 1 aromatic rings. The summed E-state index contributed by atoms with van der Waals surface area (Å²) in [6, 6.07) is 3.33. The number of hydrogen-bond acceptors (Lipinski definition) is 7. The average molecular weight is 308 g/mol. The van der Waals surface area contributed by atoms with E-state index in [0.29, 0.717) is 17.3 Å². The second-order valence-electron chi connectivity index (χ2n) is 4.22. The Morgan fingerprint density at radius 1 is 1.23 bits per heavy atom. The lowest BCUT2D eigenvalue weighted by atomic mass is 10.2. The fourth-order valence-corrected chi connectivity index (χ4v) is 1.66. The molecule has 0 unspecified atom stereocenters. The zero-order chi connectivity index (χ0) is 16.5. The maximum Gasteiger partial charge on any atom is 0.325 e. The van der Waals surface area contributed by atoms with Gasteiger partial charge in [-0.2, -0.15) is 0 Å². The van der Waals surface area contributed by atoms with Gasteiger partial charge in [-0.1, -0.05) is 0 Å². The van der Waals surface area contributed by atoms with Gasteiger partial charge in [0.25, 0.3) is 0 Å². The third-order valence-electron chi connectivity index (χ3n) is 2.68. The van der Waals surface area contributed by atoms with E-state index in [0.717, 1.165) is 0 Å². The average Bonchev–Trinajstić information content (AvgIpc) is 2.48. The summed E-state index contributed by atoms with van der Waals surface area (Å²) in [5, 5.41) is 0. The van der Waals surface area contributed by atoms with E-state index in [4.69, 9.17) is 14.2 Å². The monoisotopic (exact) mass is 308 g/mol. The zero-order valence-electron chi connectivity index (χ0n) is 13.2. The molecule has 0 amide bonds. The van der Waals surface area contributed by atoms with Crippen LogP contribution in [-0.2, 0) is 19.1 Å². The summed E-state index contributed by atoms with van der Waals surface area (Å²) in [5.41, 5.74) is 0.654. The smallest absolute Gasteiger partial charge is 0.325 e. The Hall–Kier alpha value is -2.44. The van der Waals surface area contributed by atoms with Crippen LogP contribution in [0, 0.1) is 12.8 Å². The highest BCUT2D eigenvalue weighted by atomic mass is 16.6. The van der Waals surface area contributed by atoms with Crippen molar-refractivity contribution in [2.45, 2.75) is 20.8 Å². The van der Waals surface area contributed by atoms with E-state index in [1.165, 1.54) is 6.21 Å². The van der Waals surface area contributed by atoms with Crippen molar-refractivity contribution in [3.05, 3.63) is 17.8 Å². The molecule has 0 spiro atoms. The van der Waals surface area contributed by atoms with Crippen LogP contribution in [-0.4, -0.2) is 43.5 Å². The molecule has 1 rings (SSSR count). The van der Waals surface area contributed by atoms with Gasteiger partial charge in [0, 0.05) is 6.21 Å². The Morgan fingerprint density at radius 2 is 1.82 bits per heavy atom. The van der Waals surface area contributed by atoms with Crippen molar-refractivity contribution in [2.75, 3.05) is 20.3 Å². The molecular formula is C15H20N2O5. The molecule has 0 atom stereocenters. The topological polar surface area (TPSA) is 87.1 Å². The molecule has 0 saturated carbocycles. The minimum atomic E-state index is -1.20. The van der Waals surface area contributed by atoms with Crippen molar-refractivity contribution >= 4 is 24.0 Å². The number of aromatic nitrogens is 1. The largest absolute Gasteiger partial charge is 0.495 e. The zero-order valence-corrected chi connectivity index (χ0v) is 13.2. The van der Waals surface area contributed by atoms with Crippen LogP contribution in [0.5, 0.6) is 5.75 Å². The van der Waals surface area contributed by atoms with Gasteiger partial charge in [-0.25, -0.2) is 9.98 Å². The summed E-state index contributed by atoms with van der Waals surface area (Å²) in [4.78, 5) is 31.8. The lowest BCUT2D eigenvalue weighted by Crippen LogP contribution is -2.29. The molecule has 0 fully saturated rings. The highest BCUT2D eigenvalue weighted by Crippen LogP contribution is 2.19. The van der Waals surface area contributed by atoms with Crippen molar-refractivity contribution in [3.8, 4) is 5.75 Å².